The normalized spacial score (nSPS) is 19.8. The molecule has 1 heterocycles. The number of ether oxygens (including phenoxy) is 1. The van der Waals surface area contributed by atoms with Crippen LogP contribution in [0.5, 0.6) is 0 Å². The Morgan fingerprint density at radius 2 is 2.00 bits per heavy atom. The zero-order valence-electron chi connectivity index (χ0n) is 8.50. The lowest BCUT2D eigenvalue weighted by Crippen LogP contribution is -2.26. The third-order valence-corrected chi connectivity index (χ3v) is 2.79. The number of carbonyl (C=O) groups is 1. The molecule has 1 aromatic rings. The molecule has 3 nitrogen and oxygen atoms in total. The van der Waals surface area contributed by atoms with Crippen molar-refractivity contribution in [3.63, 3.8) is 0 Å². The smallest absolute Gasteiger partial charge is 0.253 e. The Morgan fingerprint density at radius 3 is 2.56 bits per heavy atom. The van der Waals surface area contributed by atoms with E-state index in [4.69, 9.17) is 27.9 Å². The molecule has 2 rings (SSSR count). The maximum absolute atomic E-state index is 11.7. The van der Waals surface area contributed by atoms with Gasteiger partial charge in [-0.05, 0) is 31.0 Å². The lowest BCUT2D eigenvalue weighted by Gasteiger charge is -2.10. The van der Waals surface area contributed by atoms with Crippen molar-refractivity contribution in [2.45, 2.75) is 18.9 Å². The summed E-state index contributed by atoms with van der Waals surface area (Å²) in [5.74, 6) is -0.143. The predicted octanol–water partition coefficient (Wildman–Crippen LogP) is 3.11. The SMILES string of the molecule is O=C(Nc1cc(Cl)cc(Cl)c1)C1CCCO1. The van der Waals surface area contributed by atoms with Crippen molar-refractivity contribution < 1.29 is 9.53 Å². The van der Waals surface area contributed by atoms with Crippen LogP contribution >= 0.6 is 23.2 Å². The lowest BCUT2D eigenvalue weighted by molar-refractivity contribution is -0.124. The fourth-order valence-electron chi connectivity index (χ4n) is 1.63. The average Bonchev–Trinajstić information content (AvgIpc) is 2.68. The summed E-state index contributed by atoms with van der Waals surface area (Å²) < 4.78 is 5.27. The van der Waals surface area contributed by atoms with Crippen LogP contribution in [0.25, 0.3) is 0 Å². The van der Waals surface area contributed by atoms with Crippen LogP contribution < -0.4 is 5.32 Å². The molecule has 0 saturated carbocycles. The highest BCUT2D eigenvalue weighted by molar-refractivity contribution is 6.35. The zero-order chi connectivity index (χ0) is 11.5. The Bertz CT molecular complexity index is 383. The summed E-state index contributed by atoms with van der Waals surface area (Å²) >= 11 is 11.7. The minimum atomic E-state index is -0.349. The summed E-state index contributed by atoms with van der Waals surface area (Å²) in [5.41, 5.74) is 0.595. The molecular weight excluding hydrogens is 249 g/mol. The van der Waals surface area contributed by atoms with E-state index in [0.29, 0.717) is 22.3 Å². The van der Waals surface area contributed by atoms with Gasteiger partial charge in [0.15, 0.2) is 0 Å². The van der Waals surface area contributed by atoms with E-state index in [1.807, 2.05) is 0 Å². The molecule has 0 bridgehead atoms. The van der Waals surface area contributed by atoms with E-state index in [1.165, 1.54) is 0 Å². The van der Waals surface area contributed by atoms with Crippen LogP contribution in [0.4, 0.5) is 5.69 Å². The van der Waals surface area contributed by atoms with Crippen molar-refractivity contribution in [2.75, 3.05) is 11.9 Å². The molecule has 0 spiro atoms. The van der Waals surface area contributed by atoms with Gasteiger partial charge in [-0.3, -0.25) is 4.79 Å². The number of carbonyl (C=O) groups excluding carboxylic acids is 1. The Balaban J connectivity index is 2.05. The zero-order valence-corrected chi connectivity index (χ0v) is 10.0. The summed E-state index contributed by atoms with van der Waals surface area (Å²) in [6.45, 7) is 0.647. The molecule has 0 aromatic heterocycles. The van der Waals surface area contributed by atoms with Gasteiger partial charge >= 0.3 is 0 Å². The van der Waals surface area contributed by atoms with E-state index in [-0.39, 0.29) is 12.0 Å². The van der Waals surface area contributed by atoms with E-state index in [1.54, 1.807) is 18.2 Å². The second-order valence-corrected chi connectivity index (χ2v) is 4.52. The number of benzene rings is 1. The third-order valence-electron chi connectivity index (χ3n) is 2.35. The van der Waals surface area contributed by atoms with Crippen LogP contribution in [0, 0.1) is 0 Å². The van der Waals surface area contributed by atoms with E-state index < -0.39 is 0 Å². The Morgan fingerprint density at radius 1 is 1.31 bits per heavy atom. The van der Waals surface area contributed by atoms with Crippen molar-refractivity contribution >= 4 is 34.8 Å². The molecule has 0 aliphatic carbocycles. The number of rotatable bonds is 2. The highest BCUT2D eigenvalue weighted by atomic mass is 35.5. The molecule has 1 unspecified atom stereocenters. The minimum Gasteiger partial charge on any atom is -0.368 e. The maximum atomic E-state index is 11.7. The Labute approximate surface area is 104 Å². The van der Waals surface area contributed by atoms with Crippen LogP contribution in [0.15, 0.2) is 18.2 Å². The Hall–Kier alpha value is -0.770. The lowest BCUT2D eigenvalue weighted by atomic mass is 10.2. The summed E-state index contributed by atoms with van der Waals surface area (Å²) in [4.78, 5) is 11.7. The highest BCUT2D eigenvalue weighted by Gasteiger charge is 2.23. The van der Waals surface area contributed by atoms with E-state index >= 15 is 0 Å². The van der Waals surface area contributed by atoms with Gasteiger partial charge < -0.3 is 10.1 Å². The molecule has 1 atom stereocenters. The Kier molecular flexibility index (Phi) is 3.69. The van der Waals surface area contributed by atoms with Gasteiger partial charge in [-0.2, -0.15) is 0 Å². The van der Waals surface area contributed by atoms with Crippen LogP contribution in [-0.2, 0) is 9.53 Å². The number of hydrogen-bond donors (Lipinski definition) is 1. The standard InChI is InChI=1S/C11H11Cl2NO2/c12-7-4-8(13)6-9(5-7)14-11(15)10-2-1-3-16-10/h4-6,10H,1-3H2,(H,14,15). The molecule has 1 aliphatic heterocycles. The predicted molar refractivity (Wildman–Crippen MR) is 64.1 cm³/mol. The number of amides is 1. The number of hydrogen-bond acceptors (Lipinski definition) is 2. The van der Waals surface area contributed by atoms with Gasteiger partial charge in [-0.1, -0.05) is 23.2 Å². The average molecular weight is 260 g/mol. The van der Waals surface area contributed by atoms with Crippen molar-refractivity contribution in [1.29, 1.82) is 0 Å². The molecular formula is C11H11Cl2NO2. The molecule has 1 aromatic carbocycles. The van der Waals surface area contributed by atoms with Crippen LogP contribution in [0.3, 0.4) is 0 Å². The highest BCUT2D eigenvalue weighted by Crippen LogP contribution is 2.23. The molecule has 1 fully saturated rings. The van der Waals surface area contributed by atoms with Gasteiger partial charge in [0.2, 0.25) is 0 Å². The topological polar surface area (TPSA) is 38.3 Å². The molecule has 0 radical (unpaired) electrons. The number of halogens is 2. The van der Waals surface area contributed by atoms with Crippen LogP contribution in [0.2, 0.25) is 10.0 Å². The first-order valence-electron chi connectivity index (χ1n) is 5.04. The maximum Gasteiger partial charge on any atom is 0.253 e. The largest absolute Gasteiger partial charge is 0.368 e. The first kappa shape index (κ1) is 11.7. The van der Waals surface area contributed by atoms with Gasteiger partial charge in [-0.15, -0.1) is 0 Å². The fraction of sp³-hybridized carbons (Fsp3) is 0.364. The molecule has 5 heteroatoms. The summed E-state index contributed by atoms with van der Waals surface area (Å²) in [6, 6.07) is 4.92. The molecule has 16 heavy (non-hydrogen) atoms. The molecule has 1 N–H and O–H groups in total. The molecule has 86 valence electrons. The molecule has 1 amide bonds. The monoisotopic (exact) mass is 259 g/mol. The van der Waals surface area contributed by atoms with Gasteiger partial charge in [0.05, 0.1) is 0 Å². The number of nitrogens with one attached hydrogen (secondary N) is 1. The van der Waals surface area contributed by atoms with Crippen LogP contribution in [-0.4, -0.2) is 18.6 Å². The van der Waals surface area contributed by atoms with E-state index in [0.717, 1.165) is 12.8 Å². The van der Waals surface area contributed by atoms with Gasteiger partial charge in [0.1, 0.15) is 6.10 Å². The molecule has 1 aliphatic rings. The van der Waals surface area contributed by atoms with Gasteiger partial charge in [0.25, 0.3) is 5.91 Å². The second kappa shape index (κ2) is 5.04. The first-order chi connectivity index (χ1) is 7.65. The summed E-state index contributed by atoms with van der Waals surface area (Å²) in [5, 5.41) is 3.72. The quantitative estimate of drug-likeness (QED) is 0.887. The van der Waals surface area contributed by atoms with Crippen molar-refractivity contribution in [1.82, 2.24) is 0 Å². The van der Waals surface area contributed by atoms with E-state index in [9.17, 15) is 4.79 Å². The summed E-state index contributed by atoms with van der Waals surface area (Å²) in [7, 11) is 0. The van der Waals surface area contributed by atoms with Crippen molar-refractivity contribution in [3.05, 3.63) is 28.2 Å². The van der Waals surface area contributed by atoms with Crippen LogP contribution in [0.1, 0.15) is 12.8 Å². The first-order valence-corrected chi connectivity index (χ1v) is 5.79. The third kappa shape index (κ3) is 2.88. The second-order valence-electron chi connectivity index (χ2n) is 3.65. The fourth-order valence-corrected chi connectivity index (χ4v) is 2.16. The molecule has 1 saturated heterocycles. The number of anilines is 1. The van der Waals surface area contributed by atoms with Gasteiger partial charge in [-0.25, -0.2) is 0 Å². The summed E-state index contributed by atoms with van der Waals surface area (Å²) in [6.07, 6.45) is 1.34. The van der Waals surface area contributed by atoms with Gasteiger partial charge in [0, 0.05) is 22.3 Å². The van der Waals surface area contributed by atoms with Crippen molar-refractivity contribution in [2.24, 2.45) is 0 Å². The van der Waals surface area contributed by atoms with E-state index in [2.05, 4.69) is 5.32 Å². The minimum absolute atomic E-state index is 0.143. The van der Waals surface area contributed by atoms with Crippen molar-refractivity contribution in [3.8, 4) is 0 Å².